The number of aromatic nitrogens is 2. The minimum atomic E-state index is -3.67. The fourth-order valence-electron chi connectivity index (χ4n) is 5.22. The molecule has 0 saturated carbocycles. The first-order chi connectivity index (χ1) is 20.8. The smallest absolute Gasteiger partial charge is 0.266 e. The fraction of sp³-hybridized carbons (Fsp3) is 0.219. The van der Waals surface area contributed by atoms with Crippen LogP contribution in [0.25, 0.3) is 23.0 Å². The van der Waals surface area contributed by atoms with E-state index < -0.39 is 10.0 Å². The summed E-state index contributed by atoms with van der Waals surface area (Å²) in [5.41, 5.74) is 3.40. The molecule has 43 heavy (non-hydrogen) atoms. The Labute approximate surface area is 260 Å². The molecule has 2 saturated heterocycles. The molecule has 220 valence electrons. The van der Waals surface area contributed by atoms with Gasteiger partial charge < -0.3 is 0 Å². The van der Waals surface area contributed by atoms with E-state index in [4.69, 9.17) is 17.3 Å². The molecule has 7 nitrogen and oxygen atoms in total. The van der Waals surface area contributed by atoms with Crippen LogP contribution in [0, 0.1) is 5.82 Å². The first-order valence-corrected chi connectivity index (χ1v) is 16.7. The summed E-state index contributed by atoms with van der Waals surface area (Å²) in [5, 5.41) is 4.84. The van der Waals surface area contributed by atoms with Crippen molar-refractivity contribution in [3.63, 3.8) is 0 Å². The maximum atomic E-state index is 13.6. The van der Waals surface area contributed by atoms with E-state index in [9.17, 15) is 17.6 Å². The van der Waals surface area contributed by atoms with Gasteiger partial charge in [0.25, 0.3) is 5.91 Å². The van der Waals surface area contributed by atoms with Crippen LogP contribution in [0.3, 0.4) is 0 Å². The first kappa shape index (κ1) is 29.4. The highest BCUT2D eigenvalue weighted by Crippen LogP contribution is 2.36. The predicted molar refractivity (Wildman–Crippen MR) is 171 cm³/mol. The number of nitrogens with zero attached hydrogens (tertiary/aromatic N) is 4. The van der Waals surface area contributed by atoms with Crippen molar-refractivity contribution in [2.24, 2.45) is 0 Å². The number of hydrogen-bond acceptors (Lipinski definition) is 6. The Balaban J connectivity index is 1.37. The molecule has 3 aromatic carbocycles. The molecule has 0 spiro atoms. The van der Waals surface area contributed by atoms with Crippen molar-refractivity contribution in [1.29, 1.82) is 0 Å². The second kappa shape index (κ2) is 12.5. The number of amides is 1. The minimum absolute atomic E-state index is 0.220. The van der Waals surface area contributed by atoms with E-state index in [0.29, 0.717) is 39.1 Å². The Hall–Kier alpha value is -3.64. The molecule has 0 unspecified atom stereocenters. The third-order valence-corrected chi connectivity index (χ3v) is 10.8. The number of carbonyl (C=O) groups excluding carboxylic acids is 1. The van der Waals surface area contributed by atoms with Crippen molar-refractivity contribution >= 4 is 50.3 Å². The Morgan fingerprint density at radius 1 is 0.930 bits per heavy atom. The maximum absolute atomic E-state index is 13.6. The Kier molecular flexibility index (Phi) is 8.58. The van der Waals surface area contributed by atoms with E-state index in [0.717, 1.165) is 36.9 Å². The number of thiocarbonyl (C=S) groups is 1. The van der Waals surface area contributed by atoms with Crippen LogP contribution in [0.1, 0.15) is 36.8 Å². The van der Waals surface area contributed by atoms with Crippen LogP contribution >= 0.6 is 24.0 Å². The molecule has 0 N–H and O–H groups in total. The van der Waals surface area contributed by atoms with Crippen molar-refractivity contribution in [1.82, 2.24) is 19.0 Å². The topological polar surface area (TPSA) is 75.5 Å². The highest BCUT2D eigenvalue weighted by atomic mass is 32.2. The summed E-state index contributed by atoms with van der Waals surface area (Å²) < 4.78 is 44.3. The lowest BCUT2D eigenvalue weighted by Crippen LogP contribution is -2.31. The summed E-state index contributed by atoms with van der Waals surface area (Å²) in [6.45, 7) is 1.26. The molecule has 2 fully saturated rings. The normalized spacial score (nSPS) is 17.5. The van der Waals surface area contributed by atoms with E-state index in [1.54, 1.807) is 45.4 Å². The van der Waals surface area contributed by atoms with Crippen LogP contribution in [0.2, 0.25) is 0 Å². The summed E-state index contributed by atoms with van der Waals surface area (Å²) in [4.78, 5) is 15.6. The monoisotopic (exact) mass is 632 g/mol. The first-order valence-electron chi connectivity index (χ1n) is 14.0. The van der Waals surface area contributed by atoms with Crippen molar-refractivity contribution in [3.8, 4) is 16.9 Å². The minimum Gasteiger partial charge on any atom is -0.288 e. The molecular weight excluding hydrogens is 604 g/mol. The highest BCUT2D eigenvalue weighted by molar-refractivity contribution is 8.26. The molecule has 1 aromatic heterocycles. The van der Waals surface area contributed by atoms with E-state index >= 15 is 0 Å². The zero-order chi connectivity index (χ0) is 30.0. The zero-order valence-corrected chi connectivity index (χ0v) is 25.7. The molecule has 2 aliphatic rings. The number of halogens is 1. The number of thioether (sulfide) groups is 1. The third-order valence-electron chi connectivity index (χ3n) is 7.49. The number of benzene rings is 3. The molecule has 0 radical (unpaired) electrons. The van der Waals surface area contributed by atoms with Gasteiger partial charge in [-0.3, -0.25) is 9.69 Å². The number of hydrogen-bond donors (Lipinski definition) is 0. The van der Waals surface area contributed by atoms with Crippen LogP contribution in [-0.2, 0) is 21.4 Å². The van der Waals surface area contributed by atoms with E-state index in [2.05, 4.69) is 0 Å². The van der Waals surface area contributed by atoms with Crippen molar-refractivity contribution < 1.29 is 17.6 Å². The van der Waals surface area contributed by atoms with Gasteiger partial charge in [-0.25, -0.2) is 17.5 Å². The standard InChI is InChI=1S/C32H29FN4O3S3/c33-26-15-13-23(14-16-26)21-36-31(38)29(42-32(36)41)20-25-22-37(27-10-4-3-5-11-27)34-30(25)24-9-8-12-28(19-24)43(39,40)35-17-6-1-2-7-18-35/h3-5,8-16,19-20,22H,1-2,6-7,17-18,21H2. The Morgan fingerprint density at radius 2 is 1.65 bits per heavy atom. The molecule has 6 rings (SSSR count). The summed E-state index contributed by atoms with van der Waals surface area (Å²) in [5.74, 6) is -0.601. The quantitative estimate of drug-likeness (QED) is 0.168. The van der Waals surface area contributed by atoms with Crippen LogP contribution in [0.5, 0.6) is 0 Å². The predicted octanol–water partition coefficient (Wildman–Crippen LogP) is 6.64. The fourth-order valence-corrected chi connectivity index (χ4v) is 8.02. The lowest BCUT2D eigenvalue weighted by atomic mass is 10.1. The molecule has 3 heterocycles. The number of carbonyl (C=O) groups is 1. The van der Waals surface area contributed by atoms with Gasteiger partial charge in [0.05, 0.1) is 22.0 Å². The highest BCUT2D eigenvalue weighted by Gasteiger charge is 2.33. The summed E-state index contributed by atoms with van der Waals surface area (Å²) in [6.07, 6.45) is 7.34. The van der Waals surface area contributed by atoms with Gasteiger partial charge >= 0.3 is 0 Å². The Morgan fingerprint density at radius 3 is 2.37 bits per heavy atom. The zero-order valence-electron chi connectivity index (χ0n) is 23.2. The summed E-state index contributed by atoms with van der Waals surface area (Å²) >= 11 is 6.73. The van der Waals surface area contributed by atoms with Gasteiger partial charge in [-0.2, -0.15) is 9.40 Å². The van der Waals surface area contributed by atoms with Gasteiger partial charge in [0.15, 0.2) is 0 Å². The molecule has 1 amide bonds. The van der Waals surface area contributed by atoms with Crippen LogP contribution in [-0.4, -0.2) is 50.7 Å². The average molecular weight is 633 g/mol. The lowest BCUT2D eigenvalue weighted by Gasteiger charge is -2.20. The average Bonchev–Trinajstić information content (AvgIpc) is 3.40. The van der Waals surface area contributed by atoms with Gasteiger partial charge in [-0.15, -0.1) is 0 Å². The molecule has 0 aliphatic carbocycles. The van der Waals surface area contributed by atoms with Gasteiger partial charge in [-0.05, 0) is 60.9 Å². The lowest BCUT2D eigenvalue weighted by molar-refractivity contribution is -0.122. The largest absolute Gasteiger partial charge is 0.288 e. The number of sulfonamides is 1. The van der Waals surface area contributed by atoms with E-state index in [1.165, 1.54) is 28.8 Å². The molecular formula is C32H29FN4O3S3. The third kappa shape index (κ3) is 6.35. The van der Waals surface area contributed by atoms with Crippen molar-refractivity contribution in [3.05, 3.63) is 107 Å². The number of rotatable bonds is 7. The molecule has 11 heteroatoms. The van der Waals surface area contributed by atoms with Gasteiger partial charge in [0.2, 0.25) is 10.0 Å². The van der Waals surface area contributed by atoms with Gasteiger partial charge in [0, 0.05) is 30.4 Å². The molecule has 2 aliphatic heterocycles. The van der Waals surface area contributed by atoms with Crippen LogP contribution in [0.15, 0.2) is 94.9 Å². The Bertz CT molecular complexity index is 1800. The van der Waals surface area contributed by atoms with Gasteiger partial charge in [-0.1, -0.05) is 79.3 Å². The van der Waals surface area contributed by atoms with Crippen molar-refractivity contribution in [2.45, 2.75) is 37.1 Å². The molecule has 4 aromatic rings. The van der Waals surface area contributed by atoms with Crippen LogP contribution in [0.4, 0.5) is 4.39 Å². The summed E-state index contributed by atoms with van der Waals surface area (Å²) in [6, 6.07) is 22.4. The van der Waals surface area contributed by atoms with Gasteiger partial charge in [0.1, 0.15) is 15.8 Å². The number of para-hydroxylation sites is 1. The van der Waals surface area contributed by atoms with Crippen LogP contribution < -0.4 is 0 Å². The molecule has 0 bridgehead atoms. The van der Waals surface area contributed by atoms with E-state index in [-0.39, 0.29) is 23.2 Å². The maximum Gasteiger partial charge on any atom is 0.266 e. The van der Waals surface area contributed by atoms with E-state index in [1.807, 2.05) is 42.6 Å². The second-order valence-electron chi connectivity index (χ2n) is 10.5. The molecule has 0 atom stereocenters. The summed E-state index contributed by atoms with van der Waals surface area (Å²) in [7, 11) is -3.67. The SMILES string of the molecule is O=C1C(=Cc2cn(-c3ccccc3)nc2-c2cccc(S(=O)(=O)N3CCCCCC3)c2)SC(=S)N1Cc1ccc(F)cc1. The van der Waals surface area contributed by atoms with Crippen molar-refractivity contribution in [2.75, 3.05) is 13.1 Å². The second-order valence-corrected chi connectivity index (χ2v) is 14.1.